The molecule has 0 saturated carbocycles. The lowest BCUT2D eigenvalue weighted by Crippen LogP contribution is -2.51. The number of carbonyl (C=O) groups is 2. The minimum absolute atomic E-state index is 0.0650. The van der Waals surface area contributed by atoms with E-state index in [1.54, 1.807) is 42.2 Å². The number of fused-ring (bicyclic) bond motifs is 1. The Morgan fingerprint density at radius 1 is 1.06 bits per heavy atom. The van der Waals surface area contributed by atoms with Crippen molar-refractivity contribution in [2.24, 2.45) is 0 Å². The molecule has 0 spiro atoms. The van der Waals surface area contributed by atoms with Crippen molar-refractivity contribution in [1.82, 2.24) is 14.5 Å². The van der Waals surface area contributed by atoms with Gasteiger partial charge in [-0.2, -0.15) is 4.72 Å². The van der Waals surface area contributed by atoms with Gasteiger partial charge in [0.2, 0.25) is 21.8 Å². The number of amides is 2. The second kappa shape index (κ2) is 8.76. The molecule has 2 aromatic carbocycles. The first-order valence-corrected chi connectivity index (χ1v) is 12.4. The van der Waals surface area contributed by atoms with Gasteiger partial charge in [0, 0.05) is 24.7 Å². The third-order valence-corrected chi connectivity index (χ3v) is 7.82. The van der Waals surface area contributed by atoms with Crippen LogP contribution in [0.5, 0.6) is 0 Å². The van der Waals surface area contributed by atoms with E-state index in [2.05, 4.69) is 4.72 Å². The van der Waals surface area contributed by atoms with Gasteiger partial charge >= 0.3 is 0 Å². The number of rotatable bonds is 5. The molecule has 2 atom stereocenters. The van der Waals surface area contributed by atoms with E-state index in [4.69, 9.17) is 11.6 Å². The molecule has 31 heavy (non-hydrogen) atoms. The zero-order chi connectivity index (χ0) is 22.2. The number of piperidine rings is 1. The van der Waals surface area contributed by atoms with Crippen LogP contribution in [0.2, 0.25) is 5.02 Å². The fraction of sp³-hybridized carbons (Fsp3) is 0.455. The number of carbonyl (C=O) groups excluding carboxylic acids is 2. The molecule has 0 aliphatic carbocycles. The Labute approximate surface area is 187 Å². The SMILES string of the molecule is C[C@@H](C(=O)N1CCCCC1)N1CCC(NS(=O)(=O)c2ccc3cc(Cl)ccc3c2)C1=O. The van der Waals surface area contributed by atoms with E-state index >= 15 is 0 Å². The van der Waals surface area contributed by atoms with Crippen molar-refractivity contribution < 1.29 is 18.0 Å². The summed E-state index contributed by atoms with van der Waals surface area (Å²) < 4.78 is 28.4. The van der Waals surface area contributed by atoms with Crippen LogP contribution in [0.3, 0.4) is 0 Å². The lowest BCUT2D eigenvalue weighted by Gasteiger charge is -2.32. The number of likely N-dealkylation sites (tertiary alicyclic amines) is 2. The third-order valence-electron chi connectivity index (χ3n) is 6.11. The highest BCUT2D eigenvalue weighted by Crippen LogP contribution is 2.24. The fourth-order valence-corrected chi connectivity index (χ4v) is 5.76. The van der Waals surface area contributed by atoms with Gasteiger partial charge < -0.3 is 9.80 Å². The summed E-state index contributed by atoms with van der Waals surface area (Å²) in [5.41, 5.74) is 0. The summed E-state index contributed by atoms with van der Waals surface area (Å²) >= 11 is 5.99. The molecule has 2 aliphatic heterocycles. The minimum atomic E-state index is -3.89. The molecule has 0 aromatic heterocycles. The van der Waals surface area contributed by atoms with Crippen molar-refractivity contribution >= 4 is 44.2 Å². The van der Waals surface area contributed by atoms with Crippen molar-refractivity contribution in [3.8, 4) is 0 Å². The molecule has 2 aliphatic rings. The van der Waals surface area contributed by atoms with Gasteiger partial charge in [-0.25, -0.2) is 8.42 Å². The Morgan fingerprint density at radius 2 is 1.74 bits per heavy atom. The molecular weight excluding hydrogens is 438 g/mol. The van der Waals surface area contributed by atoms with Gasteiger partial charge in [-0.1, -0.05) is 23.7 Å². The predicted molar refractivity (Wildman–Crippen MR) is 119 cm³/mol. The van der Waals surface area contributed by atoms with Crippen LogP contribution in [-0.2, 0) is 19.6 Å². The maximum atomic E-state index is 12.9. The van der Waals surface area contributed by atoms with Crippen LogP contribution in [0.1, 0.15) is 32.6 Å². The summed E-state index contributed by atoms with van der Waals surface area (Å²) in [5.74, 6) is -0.418. The third kappa shape index (κ3) is 4.56. The maximum Gasteiger partial charge on any atom is 0.245 e. The summed E-state index contributed by atoms with van der Waals surface area (Å²) in [4.78, 5) is 29.1. The molecular formula is C22H26ClN3O4S. The molecule has 2 heterocycles. The van der Waals surface area contributed by atoms with Crippen LogP contribution in [0.25, 0.3) is 10.8 Å². The van der Waals surface area contributed by atoms with E-state index in [9.17, 15) is 18.0 Å². The Balaban J connectivity index is 1.46. The molecule has 4 rings (SSSR count). The Bertz CT molecular complexity index is 1110. The molecule has 7 nitrogen and oxygen atoms in total. The van der Waals surface area contributed by atoms with E-state index in [0.717, 1.165) is 30.0 Å². The highest BCUT2D eigenvalue weighted by atomic mass is 35.5. The summed E-state index contributed by atoms with van der Waals surface area (Å²) in [6.07, 6.45) is 3.41. The van der Waals surface area contributed by atoms with Crippen molar-refractivity contribution in [1.29, 1.82) is 0 Å². The molecule has 0 radical (unpaired) electrons. The largest absolute Gasteiger partial charge is 0.341 e. The number of benzene rings is 2. The number of nitrogens with zero attached hydrogens (tertiary/aromatic N) is 2. The van der Waals surface area contributed by atoms with E-state index < -0.39 is 22.1 Å². The normalized spacial score (nSPS) is 21.0. The molecule has 9 heteroatoms. The van der Waals surface area contributed by atoms with Crippen molar-refractivity contribution in [2.45, 2.75) is 49.6 Å². The van der Waals surface area contributed by atoms with Crippen LogP contribution in [0, 0.1) is 0 Å². The summed E-state index contributed by atoms with van der Waals surface area (Å²) in [5, 5.41) is 2.15. The van der Waals surface area contributed by atoms with Crippen molar-refractivity contribution in [2.75, 3.05) is 19.6 Å². The van der Waals surface area contributed by atoms with Crippen molar-refractivity contribution in [3.63, 3.8) is 0 Å². The molecule has 1 unspecified atom stereocenters. The molecule has 0 bridgehead atoms. The average Bonchev–Trinajstić information content (AvgIpc) is 3.12. The molecule has 2 amide bonds. The summed E-state index contributed by atoms with van der Waals surface area (Å²) in [6.45, 7) is 3.51. The number of sulfonamides is 1. The second-order valence-corrected chi connectivity index (χ2v) is 10.4. The minimum Gasteiger partial charge on any atom is -0.341 e. The molecule has 2 saturated heterocycles. The fourth-order valence-electron chi connectivity index (χ4n) is 4.32. The standard InChI is InChI=1S/C22H26ClN3O4S/c1-15(21(27)25-10-3-2-4-11-25)26-12-9-20(22(26)28)24-31(29,30)19-8-6-16-13-18(23)7-5-17(16)14-19/h5-8,13-15,20,24H,2-4,9-12H2,1H3/t15-,20?/m0/s1. The van der Waals surface area contributed by atoms with E-state index in [1.165, 1.54) is 11.0 Å². The molecule has 166 valence electrons. The van der Waals surface area contributed by atoms with Crippen LogP contribution < -0.4 is 4.72 Å². The number of hydrogen-bond donors (Lipinski definition) is 1. The van der Waals surface area contributed by atoms with Gasteiger partial charge in [-0.15, -0.1) is 0 Å². The van der Waals surface area contributed by atoms with Gasteiger partial charge in [0.15, 0.2) is 0 Å². The smallest absolute Gasteiger partial charge is 0.245 e. The highest BCUT2D eigenvalue weighted by Gasteiger charge is 2.40. The first kappa shape index (κ1) is 22.0. The maximum absolute atomic E-state index is 12.9. The molecule has 1 N–H and O–H groups in total. The van der Waals surface area contributed by atoms with Gasteiger partial charge in [0.25, 0.3) is 0 Å². The van der Waals surface area contributed by atoms with Crippen LogP contribution >= 0.6 is 11.6 Å². The first-order chi connectivity index (χ1) is 14.8. The Morgan fingerprint density at radius 3 is 2.48 bits per heavy atom. The van der Waals surface area contributed by atoms with E-state index in [1.807, 2.05) is 0 Å². The number of nitrogens with one attached hydrogen (secondary N) is 1. The summed E-state index contributed by atoms with van der Waals surface area (Å²) in [6, 6.07) is 8.51. The van der Waals surface area contributed by atoms with Gasteiger partial charge in [0.1, 0.15) is 12.1 Å². The lowest BCUT2D eigenvalue weighted by molar-refractivity contribution is -0.143. The Kier molecular flexibility index (Phi) is 6.23. The van der Waals surface area contributed by atoms with Crippen LogP contribution in [-0.4, -0.2) is 61.7 Å². The quantitative estimate of drug-likeness (QED) is 0.738. The lowest BCUT2D eigenvalue weighted by atomic mass is 10.1. The van der Waals surface area contributed by atoms with Crippen LogP contribution in [0.4, 0.5) is 0 Å². The molecule has 2 aromatic rings. The van der Waals surface area contributed by atoms with Gasteiger partial charge in [-0.05, 0) is 67.6 Å². The number of hydrogen-bond acceptors (Lipinski definition) is 4. The van der Waals surface area contributed by atoms with E-state index in [0.29, 0.717) is 31.1 Å². The highest BCUT2D eigenvalue weighted by molar-refractivity contribution is 7.89. The number of halogens is 1. The van der Waals surface area contributed by atoms with Crippen molar-refractivity contribution in [3.05, 3.63) is 41.4 Å². The average molecular weight is 464 g/mol. The molecule has 2 fully saturated rings. The Hall–Kier alpha value is -2.16. The summed E-state index contributed by atoms with van der Waals surface area (Å²) in [7, 11) is -3.89. The first-order valence-electron chi connectivity index (χ1n) is 10.6. The van der Waals surface area contributed by atoms with Gasteiger partial charge in [0.05, 0.1) is 4.90 Å². The predicted octanol–water partition coefficient (Wildman–Crippen LogP) is 2.77. The monoisotopic (exact) mass is 463 g/mol. The van der Waals surface area contributed by atoms with Gasteiger partial charge in [-0.3, -0.25) is 9.59 Å². The topological polar surface area (TPSA) is 86.8 Å². The zero-order valence-corrected chi connectivity index (χ0v) is 19.0. The van der Waals surface area contributed by atoms with Crippen LogP contribution in [0.15, 0.2) is 41.3 Å². The zero-order valence-electron chi connectivity index (χ0n) is 17.4. The van der Waals surface area contributed by atoms with E-state index in [-0.39, 0.29) is 16.7 Å². The second-order valence-electron chi connectivity index (χ2n) is 8.21.